The van der Waals surface area contributed by atoms with Gasteiger partial charge in [0.15, 0.2) is 0 Å². The molecule has 6 nitrogen and oxygen atoms in total. The van der Waals surface area contributed by atoms with E-state index in [0.29, 0.717) is 18.7 Å². The monoisotopic (exact) mass is 345 g/mol. The molecule has 0 saturated carbocycles. The lowest BCUT2D eigenvalue weighted by molar-refractivity contribution is 0.117. The van der Waals surface area contributed by atoms with Crippen molar-refractivity contribution in [3.05, 3.63) is 59.9 Å². The van der Waals surface area contributed by atoms with E-state index in [1.54, 1.807) is 16.9 Å². The predicted octanol–water partition coefficient (Wildman–Crippen LogP) is 2.39. The summed E-state index contributed by atoms with van der Waals surface area (Å²) in [7, 11) is -3.25. The third-order valence-corrected chi connectivity index (χ3v) is 4.15. The number of rotatable bonds is 6. The van der Waals surface area contributed by atoms with E-state index in [9.17, 15) is 8.42 Å². The summed E-state index contributed by atoms with van der Waals surface area (Å²) < 4.78 is 26.6. The number of nitrogens with one attached hydrogen (secondary N) is 1. The van der Waals surface area contributed by atoms with Gasteiger partial charge in [0.2, 0.25) is 10.0 Å². The van der Waals surface area contributed by atoms with Gasteiger partial charge in [-0.05, 0) is 36.8 Å². The first-order valence-corrected chi connectivity index (χ1v) is 9.46. The van der Waals surface area contributed by atoms with E-state index >= 15 is 0 Å². The summed E-state index contributed by atoms with van der Waals surface area (Å²) in [5, 5.41) is 0. The van der Waals surface area contributed by atoms with Crippen LogP contribution in [0.2, 0.25) is 0 Å². The maximum absolute atomic E-state index is 11.2. The SMILES string of the molecule is Cc1nc2ccccc2n1OCCc1ccc(NS(C)(=O)=O)cc1. The zero-order valence-electron chi connectivity index (χ0n) is 13.6. The molecule has 0 aliphatic carbocycles. The maximum atomic E-state index is 11.2. The fraction of sp³-hybridized carbons (Fsp3) is 0.235. The van der Waals surface area contributed by atoms with Crippen LogP contribution >= 0.6 is 0 Å². The molecule has 0 saturated heterocycles. The first kappa shape index (κ1) is 16.3. The van der Waals surface area contributed by atoms with Crippen LogP contribution in [0, 0.1) is 6.92 Å². The molecule has 2 aromatic carbocycles. The Labute approximate surface area is 141 Å². The van der Waals surface area contributed by atoms with Crippen molar-refractivity contribution in [3.8, 4) is 0 Å². The van der Waals surface area contributed by atoms with Crippen LogP contribution in [0.15, 0.2) is 48.5 Å². The minimum atomic E-state index is -3.25. The molecule has 0 fully saturated rings. The van der Waals surface area contributed by atoms with Crippen molar-refractivity contribution in [2.45, 2.75) is 13.3 Å². The highest BCUT2D eigenvalue weighted by Gasteiger charge is 2.07. The van der Waals surface area contributed by atoms with Crippen LogP contribution in [0.1, 0.15) is 11.4 Å². The molecule has 1 N–H and O–H groups in total. The molecule has 0 aliphatic rings. The van der Waals surface area contributed by atoms with Crippen molar-refractivity contribution in [3.63, 3.8) is 0 Å². The van der Waals surface area contributed by atoms with Crippen LogP contribution in [0.4, 0.5) is 5.69 Å². The molecule has 24 heavy (non-hydrogen) atoms. The molecule has 1 aromatic heterocycles. The zero-order chi connectivity index (χ0) is 17.2. The number of nitrogens with zero attached hydrogens (tertiary/aromatic N) is 2. The minimum Gasteiger partial charge on any atom is -0.412 e. The molecule has 1 heterocycles. The van der Waals surface area contributed by atoms with Crippen molar-refractivity contribution in [2.75, 3.05) is 17.6 Å². The smallest absolute Gasteiger partial charge is 0.229 e. The highest BCUT2D eigenvalue weighted by atomic mass is 32.2. The third-order valence-electron chi connectivity index (χ3n) is 3.55. The topological polar surface area (TPSA) is 73.2 Å². The van der Waals surface area contributed by atoms with Gasteiger partial charge in [-0.15, -0.1) is 0 Å². The first-order chi connectivity index (χ1) is 11.4. The lowest BCUT2D eigenvalue weighted by Crippen LogP contribution is -2.16. The largest absolute Gasteiger partial charge is 0.412 e. The van der Waals surface area contributed by atoms with Gasteiger partial charge in [0.05, 0.1) is 11.8 Å². The van der Waals surface area contributed by atoms with Crippen LogP contribution in [0.5, 0.6) is 0 Å². The van der Waals surface area contributed by atoms with Crippen molar-refractivity contribution in [2.24, 2.45) is 0 Å². The summed E-state index contributed by atoms with van der Waals surface area (Å²) >= 11 is 0. The first-order valence-electron chi connectivity index (χ1n) is 7.56. The van der Waals surface area contributed by atoms with Gasteiger partial charge >= 0.3 is 0 Å². The van der Waals surface area contributed by atoms with Gasteiger partial charge in [0.1, 0.15) is 17.9 Å². The number of aryl methyl sites for hydroxylation is 1. The van der Waals surface area contributed by atoms with E-state index in [-0.39, 0.29) is 0 Å². The van der Waals surface area contributed by atoms with E-state index in [1.165, 1.54) is 0 Å². The summed E-state index contributed by atoms with van der Waals surface area (Å²) in [6.07, 6.45) is 1.84. The van der Waals surface area contributed by atoms with Gasteiger partial charge in [0.25, 0.3) is 0 Å². The fourth-order valence-corrected chi connectivity index (χ4v) is 3.06. The quantitative estimate of drug-likeness (QED) is 0.744. The average Bonchev–Trinajstić information content (AvgIpc) is 2.83. The summed E-state index contributed by atoms with van der Waals surface area (Å²) in [6, 6.07) is 15.1. The van der Waals surface area contributed by atoms with Gasteiger partial charge in [0, 0.05) is 12.1 Å². The van der Waals surface area contributed by atoms with Crippen LogP contribution in [-0.4, -0.2) is 31.0 Å². The van der Waals surface area contributed by atoms with Crippen molar-refractivity contribution in [1.29, 1.82) is 0 Å². The standard InChI is InChI=1S/C17H19N3O3S/c1-13-18-16-5-3-4-6-17(16)20(13)23-12-11-14-7-9-15(10-8-14)19-24(2,21)22/h3-10,19H,11-12H2,1-2H3. The molecular formula is C17H19N3O3S. The minimum absolute atomic E-state index is 0.500. The molecule has 126 valence electrons. The number of aromatic nitrogens is 2. The van der Waals surface area contributed by atoms with E-state index in [1.807, 2.05) is 43.3 Å². The number of hydrogen-bond acceptors (Lipinski definition) is 4. The highest BCUT2D eigenvalue weighted by molar-refractivity contribution is 7.92. The Kier molecular flexibility index (Phi) is 4.44. The van der Waals surface area contributed by atoms with Crippen molar-refractivity contribution >= 4 is 26.7 Å². The molecule has 0 aliphatic heterocycles. The zero-order valence-corrected chi connectivity index (χ0v) is 14.4. The predicted molar refractivity (Wildman–Crippen MR) is 94.5 cm³/mol. The Morgan fingerprint density at radius 1 is 1.12 bits per heavy atom. The van der Waals surface area contributed by atoms with Gasteiger partial charge in [-0.3, -0.25) is 4.72 Å². The van der Waals surface area contributed by atoms with Crippen LogP contribution < -0.4 is 9.56 Å². The van der Waals surface area contributed by atoms with Crippen LogP contribution in [0.3, 0.4) is 0 Å². The Morgan fingerprint density at radius 3 is 2.54 bits per heavy atom. The molecule has 0 spiro atoms. The van der Waals surface area contributed by atoms with Gasteiger partial charge < -0.3 is 4.84 Å². The van der Waals surface area contributed by atoms with Crippen molar-refractivity contribution in [1.82, 2.24) is 9.71 Å². The van der Waals surface area contributed by atoms with E-state index in [0.717, 1.165) is 28.7 Å². The molecule has 3 rings (SSSR count). The number of hydrogen-bond donors (Lipinski definition) is 1. The molecule has 3 aromatic rings. The summed E-state index contributed by atoms with van der Waals surface area (Å²) in [5.41, 5.74) is 3.48. The molecule has 0 atom stereocenters. The second-order valence-corrected chi connectivity index (χ2v) is 7.34. The van der Waals surface area contributed by atoms with Gasteiger partial charge in [-0.25, -0.2) is 13.4 Å². The Hall–Kier alpha value is -2.54. The molecular weight excluding hydrogens is 326 g/mol. The van der Waals surface area contributed by atoms with Crippen LogP contribution in [-0.2, 0) is 16.4 Å². The number of fused-ring (bicyclic) bond motifs is 1. The average molecular weight is 345 g/mol. The molecule has 0 bridgehead atoms. The molecule has 7 heteroatoms. The number of imidazole rings is 1. The summed E-state index contributed by atoms with van der Waals surface area (Å²) in [4.78, 5) is 10.3. The Balaban J connectivity index is 1.63. The third kappa shape index (κ3) is 3.86. The summed E-state index contributed by atoms with van der Waals surface area (Å²) in [5.74, 6) is 0.809. The van der Waals surface area contributed by atoms with E-state index in [2.05, 4.69) is 9.71 Å². The van der Waals surface area contributed by atoms with Crippen molar-refractivity contribution < 1.29 is 13.3 Å². The molecule has 0 amide bonds. The Bertz CT molecular complexity index is 947. The van der Waals surface area contributed by atoms with Crippen LogP contribution in [0.25, 0.3) is 11.0 Å². The maximum Gasteiger partial charge on any atom is 0.229 e. The lowest BCUT2D eigenvalue weighted by Gasteiger charge is -2.10. The second-order valence-electron chi connectivity index (χ2n) is 5.60. The second kappa shape index (κ2) is 6.52. The number of para-hydroxylation sites is 2. The number of anilines is 1. The fourth-order valence-electron chi connectivity index (χ4n) is 2.50. The highest BCUT2D eigenvalue weighted by Crippen LogP contribution is 2.14. The van der Waals surface area contributed by atoms with Gasteiger partial charge in [-0.1, -0.05) is 24.3 Å². The van der Waals surface area contributed by atoms with E-state index < -0.39 is 10.0 Å². The van der Waals surface area contributed by atoms with Gasteiger partial charge in [-0.2, -0.15) is 4.73 Å². The normalized spacial score (nSPS) is 11.6. The lowest BCUT2D eigenvalue weighted by atomic mass is 10.1. The number of sulfonamides is 1. The Morgan fingerprint density at radius 2 is 1.83 bits per heavy atom. The summed E-state index contributed by atoms with van der Waals surface area (Å²) in [6.45, 7) is 2.41. The van der Waals surface area contributed by atoms with E-state index in [4.69, 9.17) is 4.84 Å². The number of benzene rings is 2. The molecule has 0 unspecified atom stereocenters. The molecule has 0 radical (unpaired) electrons.